The first-order valence-electron chi connectivity index (χ1n) is 5.02. The Morgan fingerprint density at radius 2 is 1.45 bits per heavy atom. The molecule has 0 spiro atoms. The minimum atomic E-state index is 0.773. The average Bonchev–Trinajstić information content (AvgIpc) is 2.05. The number of rotatable bonds is 7. The van der Waals surface area contributed by atoms with Crippen LogP contribution >= 0.6 is 0 Å². The third kappa shape index (κ3) is 6.36. The summed E-state index contributed by atoms with van der Waals surface area (Å²) in [5.74, 6) is 0. The monoisotopic (exact) mass is 157 g/mol. The van der Waals surface area contributed by atoms with Crippen LogP contribution in [0.3, 0.4) is 0 Å². The van der Waals surface area contributed by atoms with Gasteiger partial charge in [-0.05, 0) is 19.9 Å². The van der Waals surface area contributed by atoms with Gasteiger partial charge in [0.25, 0.3) is 0 Å². The van der Waals surface area contributed by atoms with E-state index in [1.165, 1.54) is 38.5 Å². The molecular weight excluding hydrogens is 134 g/mol. The molecule has 0 aromatic heterocycles. The molecule has 11 heavy (non-hydrogen) atoms. The Morgan fingerprint density at radius 3 is 1.73 bits per heavy atom. The minimum Gasteiger partial charge on any atom is -0.317 e. The van der Waals surface area contributed by atoms with E-state index in [1.807, 2.05) is 0 Å². The molecule has 0 atom stereocenters. The third-order valence-corrected chi connectivity index (χ3v) is 2.22. The summed E-state index contributed by atoms with van der Waals surface area (Å²) in [7, 11) is 2.08. The molecule has 0 aromatic carbocycles. The highest BCUT2D eigenvalue weighted by Gasteiger charge is 2.02. The van der Waals surface area contributed by atoms with Crippen molar-refractivity contribution >= 4 is 0 Å². The van der Waals surface area contributed by atoms with Crippen LogP contribution in [0.5, 0.6) is 0 Å². The van der Waals surface area contributed by atoms with E-state index >= 15 is 0 Å². The molecule has 0 aliphatic rings. The van der Waals surface area contributed by atoms with Crippen LogP contribution in [0.15, 0.2) is 0 Å². The summed E-state index contributed by atoms with van der Waals surface area (Å²) in [4.78, 5) is 0. The fourth-order valence-corrected chi connectivity index (χ4v) is 1.33. The molecule has 0 rings (SSSR count). The van der Waals surface area contributed by atoms with Crippen LogP contribution in [-0.4, -0.2) is 13.1 Å². The van der Waals surface area contributed by atoms with Crippen LogP contribution in [-0.2, 0) is 0 Å². The molecular formula is C10H23N. The Labute approximate surface area is 71.6 Å². The lowest BCUT2D eigenvalue weighted by Gasteiger charge is -2.14. The molecule has 0 aliphatic carbocycles. The second kappa shape index (κ2) is 8.06. The Balaban J connectivity index is 3.25. The van der Waals surface area contributed by atoms with Crippen LogP contribution < -0.4 is 5.32 Å². The van der Waals surface area contributed by atoms with E-state index in [-0.39, 0.29) is 0 Å². The Hall–Kier alpha value is -0.0400. The Morgan fingerprint density at radius 1 is 1.00 bits per heavy atom. The van der Waals surface area contributed by atoms with E-state index < -0.39 is 0 Å². The smallest absolute Gasteiger partial charge is 0.00640 e. The van der Waals surface area contributed by atoms with E-state index in [0.29, 0.717) is 0 Å². The van der Waals surface area contributed by atoms with E-state index in [2.05, 4.69) is 26.2 Å². The molecule has 1 N–H and O–H groups in total. The third-order valence-electron chi connectivity index (χ3n) is 2.22. The second-order valence-corrected chi connectivity index (χ2v) is 3.27. The second-order valence-electron chi connectivity index (χ2n) is 3.27. The summed E-state index contributed by atoms with van der Waals surface area (Å²) in [6, 6.07) is 0.773. The highest BCUT2D eigenvalue weighted by molar-refractivity contribution is 4.63. The van der Waals surface area contributed by atoms with Crippen LogP contribution in [0.1, 0.15) is 52.4 Å². The topological polar surface area (TPSA) is 12.0 Å². The van der Waals surface area contributed by atoms with Crippen LogP contribution in [0, 0.1) is 0 Å². The molecule has 0 aliphatic heterocycles. The van der Waals surface area contributed by atoms with Crippen molar-refractivity contribution < 1.29 is 0 Å². The van der Waals surface area contributed by atoms with Crippen molar-refractivity contribution in [3.63, 3.8) is 0 Å². The Kier molecular flexibility index (Phi) is 8.03. The fourth-order valence-electron chi connectivity index (χ4n) is 1.33. The SMILES string of the molecule is CCCCC(CCCC)NC. The lowest BCUT2D eigenvalue weighted by molar-refractivity contribution is 0.456. The first-order chi connectivity index (χ1) is 5.35. The van der Waals surface area contributed by atoms with Gasteiger partial charge in [0.05, 0.1) is 0 Å². The molecule has 0 radical (unpaired) electrons. The maximum Gasteiger partial charge on any atom is 0.00640 e. The maximum absolute atomic E-state index is 3.37. The highest BCUT2D eigenvalue weighted by atomic mass is 14.9. The number of nitrogens with one attached hydrogen (secondary N) is 1. The van der Waals surface area contributed by atoms with Crippen molar-refractivity contribution in [2.24, 2.45) is 0 Å². The van der Waals surface area contributed by atoms with Crippen LogP contribution in [0.25, 0.3) is 0 Å². The van der Waals surface area contributed by atoms with E-state index in [4.69, 9.17) is 0 Å². The first kappa shape index (κ1) is 11.0. The van der Waals surface area contributed by atoms with Gasteiger partial charge in [0.2, 0.25) is 0 Å². The van der Waals surface area contributed by atoms with Crippen molar-refractivity contribution in [2.75, 3.05) is 7.05 Å². The predicted molar refractivity (Wildman–Crippen MR) is 51.9 cm³/mol. The van der Waals surface area contributed by atoms with Gasteiger partial charge in [-0.15, -0.1) is 0 Å². The van der Waals surface area contributed by atoms with Crippen molar-refractivity contribution in [2.45, 2.75) is 58.4 Å². The molecule has 0 amide bonds. The molecule has 0 aromatic rings. The fraction of sp³-hybridized carbons (Fsp3) is 1.00. The quantitative estimate of drug-likeness (QED) is 0.599. The van der Waals surface area contributed by atoms with Gasteiger partial charge in [0.15, 0.2) is 0 Å². The number of unbranched alkanes of at least 4 members (excludes halogenated alkanes) is 2. The summed E-state index contributed by atoms with van der Waals surface area (Å²) < 4.78 is 0. The lowest BCUT2D eigenvalue weighted by atomic mass is 10.0. The first-order valence-corrected chi connectivity index (χ1v) is 5.02. The van der Waals surface area contributed by atoms with Gasteiger partial charge in [-0.25, -0.2) is 0 Å². The van der Waals surface area contributed by atoms with Gasteiger partial charge in [-0.2, -0.15) is 0 Å². The minimum absolute atomic E-state index is 0.773. The molecule has 0 saturated carbocycles. The van der Waals surface area contributed by atoms with Gasteiger partial charge in [-0.3, -0.25) is 0 Å². The van der Waals surface area contributed by atoms with Crippen molar-refractivity contribution in [1.82, 2.24) is 5.32 Å². The van der Waals surface area contributed by atoms with E-state index in [0.717, 1.165) is 6.04 Å². The van der Waals surface area contributed by atoms with Gasteiger partial charge >= 0.3 is 0 Å². The largest absolute Gasteiger partial charge is 0.317 e. The van der Waals surface area contributed by atoms with E-state index in [9.17, 15) is 0 Å². The van der Waals surface area contributed by atoms with Gasteiger partial charge in [0, 0.05) is 6.04 Å². The molecule has 0 unspecified atom stereocenters. The van der Waals surface area contributed by atoms with Crippen LogP contribution in [0.4, 0.5) is 0 Å². The molecule has 0 bridgehead atoms. The summed E-state index contributed by atoms with van der Waals surface area (Å²) in [6.07, 6.45) is 8.10. The summed E-state index contributed by atoms with van der Waals surface area (Å²) in [6.45, 7) is 4.51. The molecule has 68 valence electrons. The van der Waals surface area contributed by atoms with Gasteiger partial charge in [-0.1, -0.05) is 39.5 Å². The Bertz CT molecular complexity index is 63.3. The number of hydrogen-bond donors (Lipinski definition) is 1. The number of hydrogen-bond acceptors (Lipinski definition) is 1. The maximum atomic E-state index is 3.37. The van der Waals surface area contributed by atoms with E-state index in [1.54, 1.807) is 0 Å². The zero-order valence-corrected chi connectivity index (χ0v) is 8.32. The summed E-state index contributed by atoms with van der Waals surface area (Å²) >= 11 is 0. The van der Waals surface area contributed by atoms with Crippen LogP contribution in [0.2, 0.25) is 0 Å². The van der Waals surface area contributed by atoms with Crippen molar-refractivity contribution in [1.29, 1.82) is 0 Å². The normalized spacial score (nSPS) is 10.9. The predicted octanol–water partition coefficient (Wildman–Crippen LogP) is 2.95. The molecule has 1 nitrogen and oxygen atoms in total. The van der Waals surface area contributed by atoms with Crippen molar-refractivity contribution in [3.8, 4) is 0 Å². The van der Waals surface area contributed by atoms with Gasteiger partial charge < -0.3 is 5.32 Å². The zero-order chi connectivity index (χ0) is 8.53. The summed E-state index contributed by atoms with van der Waals surface area (Å²) in [5.41, 5.74) is 0. The molecule has 0 saturated heterocycles. The standard InChI is InChI=1S/C10H23N/c1-4-6-8-10(11-3)9-7-5-2/h10-11H,4-9H2,1-3H3. The molecule has 0 heterocycles. The average molecular weight is 157 g/mol. The molecule has 0 fully saturated rings. The highest BCUT2D eigenvalue weighted by Crippen LogP contribution is 2.07. The lowest BCUT2D eigenvalue weighted by Crippen LogP contribution is -2.24. The zero-order valence-electron chi connectivity index (χ0n) is 8.32. The van der Waals surface area contributed by atoms with Crippen molar-refractivity contribution in [3.05, 3.63) is 0 Å². The molecule has 1 heteroatoms. The summed E-state index contributed by atoms with van der Waals surface area (Å²) in [5, 5.41) is 3.37. The van der Waals surface area contributed by atoms with Gasteiger partial charge in [0.1, 0.15) is 0 Å².